The summed E-state index contributed by atoms with van der Waals surface area (Å²) in [4.78, 5) is 15.1. The van der Waals surface area contributed by atoms with Gasteiger partial charge in [0.15, 0.2) is 0 Å². The molecule has 4 atom stereocenters. The van der Waals surface area contributed by atoms with Crippen molar-refractivity contribution in [3.05, 3.63) is 83.7 Å². The van der Waals surface area contributed by atoms with Gasteiger partial charge in [0.05, 0.1) is 0 Å². The molecule has 4 heteroatoms. The molecule has 29 heavy (non-hydrogen) atoms. The second-order valence-electron chi connectivity index (χ2n) is 8.40. The Morgan fingerprint density at radius 2 is 1.79 bits per heavy atom. The van der Waals surface area contributed by atoms with E-state index in [9.17, 15) is 9.18 Å². The van der Waals surface area contributed by atoms with Crippen LogP contribution >= 0.6 is 0 Å². The Hall–Kier alpha value is -2.72. The summed E-state index contributed by atoms with van der Waals surface area (Å²) in [5.41, 5.74) is 2.16. The van der Waals surface area contributed by atoms with Crippen molar-refractivity contribution in [2.45, 2.75) is 19.5 Å². The fraction of sp³-hybridized carbons (Fsp3) is 0.320. The Labute approximate surface area is 170 Å². The van der Waals surface area contributed by atoms with Gasteiger partial charge in [0.2, 0.25) is 5.91 Å². The number of nitrogens with zero attached hydrogens (tertiary/aromatic N) is 1. The van der Waals surface area contributed by atoms with Crippen molar-refractivity contribution in [2.75, 3.05) is 13.1 Å². The van der Waals surface area contributed by atoms with Crippen molar-refractivity contribution < 1.29 is 9.18 Å². The summed E-state index contributed by atoms with van der Waals surface area (Å²) in [5.74, 6) is 0.847. The maximum atomic E-state index is 13.3. The molecule has 2 unspecified atom stereocenters. The number of hydrogen-bond acceptors (Lipinski definition) is 2. The summed E-state index contributed by atoms with van der Waals surface area (Å²) in [5, 5.41) is 5.58. The number of carbonyl (C=O) groups is 1. The third-order valence-corrected chi connectivity index (χ3v) is 6.70. The van der Waals surface area contributed by atoms with Crippen LogP contribution in [0.1, 0.15) is 24.1 Å². The average Bonchev–Trinajstić information content (AvgIpc) is 3.24. The largest absolute Gasteiger partial charge is 0.352 e. The molecule has 1 aliphatic carbocycles. The van der Waals surface area contributed by atoms with Crippen molar-refractivity contribution >= 4 is 16.7 Å². The van der Waals surface area contributed by atoms with Gasteiger partial charge in [0.1, 0.15) is 5.82 Å². The zero-order chi connectivity index (χ0) is 20.0. The Balaban J connectivity index is 1.20. The molecule has 0 spiro atoms. The number of fused-ring (bicyclic) bond motifs is 2. The number of nitrogens with one attached hydrogen (secondary N) is 1. The Morgan fingerprint density at radius 3 is 2.59 bits per heavy atom. The Bertz CT molecular complexity index is 1050. The highest BCUT2D eigenvalue weighted by Crippen LogP contribution is 2.53. The summed E-state index contributed by atoms with van der Waals surface area (Å²) in [6.07, 6.45) is 0. The van der Waals surface area contributed by atoms with Crippen LogP contribution in [0.2, 0.25) is 0 Å². The SMILES string of the molecule is CC(c1cccc2ccccc12)N1C[C@@H]2C(C(=O)NCc3cccc(F)c3)[C@@H]2C1. The van der Waals surface area contributed by atoms with E-state index in [-0.39, 0.29) is 17.6 Å². The van der Waals surface area contributed by atoms with Crippen LogP contribution < -0.4 is 5.32 Å². The van der Waals surface area contributed by atoms with Crippen LogP contribution in [0.5, 0.6) is 0 Å². The molecule has 3 aromatic rings. The predicted octanol–water partition coefficient (Wildman–Crippen LogP) is 4.53. The molecule has 0 aromatic heterocycles. The molecule has 1 aliphatic heterocycles. The minimum absolute atomic E-state index is 0.111. The second kappa shape index (κ2) is 7.27. The van der Waals surface area contributed by atoms with E-state index in [1.165, 1.54) is 28.5 Å². The molecule has 0 radical (unpaired) electrons. The molecule has 1 amide bonds. The number of halogens is 1. The molecule has 1 saturated carbocycles. The highest BCUT2D eigenvalue weighted by molar-refractivity contribution is 5.86. The van der Waals surface area contributed by atoms with Crippen LogP contribution in [-0.4, -0.2) is 23.9 Å². The summed E-state index contributed by atoms with van der Waals surface area (Å²) in [6.45, 7) is 4.59. The normalized spacial score (nSPS) is 24.3. The van der Waals surface area contributed by atoms with Crippen LogP contribution in [0.4, 0.5) is 4.39 Å². The van der Waals surface area contributed by atoms with Crippen molar-refractivity contribution in [1.82, 2.24) is 10.2 Å². The van der Waals surface area contributed by atoms with E-state index < -0.39 is 0 Å². The van der Waals surface area contributed by atoms with Crippen LogP contribution in [0.15, 0.2) is 66.7 Å². The fourth-order valence-electron chi connectivity index (χ4n) is 5.03. The van der Waals surface area contributed by atoms with Crippen molar-refractivity contribution in [1.29, 1.82) is 0 Å². The van der Waals surface area contributed by atoms with Crippen LogP contribution in [0.25, 0.3) is 10.8 Å². The molecule has 148 valence electrons. The van der Waals surface area contributed by atoms with Gasteiger partial charge in [-0.3, -0.25) is 9.69 Å². The number of rotatable bonds is 5. The maximum absolute atomic E-state index is 13.3. The van der Waals surface area contributed by atoms with E-state index in [0.29, 0.717) is 24.4 Å². The highest BCUT2D eigenvalue weighted by Gasteiger charge is 2.59. The highest BCUT2D eigenvalue weighted by atomic mass is 19.1. The first kappa shape index (κ1) is 18.3. The number of benzene rings is 3. The van der Waals surface area contributed by atoms with E-state index in [1.807, 2.05) is 6.07 Å². The van der Waals surface area contributed by atoms with Gasteiger partial charge in [-0.1, -0.05) is 54.6 Å². The summed E-state index contributed by atoms with van der Waals surface area (Å²) < 4.78 is 13.3. The number of piperidine rings is 1. The maximum Gasteiger partial charge on any atom is 0.224 e. The minimum Gasteiger partial charge on any atom is -0.352 e. The lowest BCUT2D eigenvalue weighted by Crippen LogP contribution is -2.33. The fourth-order valence-corrected chi connectivity index (χ4v) is 5.03. The van der Waals surface area contributed by atoms with Gasteiger partial charge in [0.25, 0.3) is 0 Å². The van der Waals surface area contributed by atoms with E-state index in [0.717, 1.165) is 18.7 Å². The molecule has 1 saturated heterocycles. The predicted molar refractivity (Wildman–Crippen MR) is 113 cm³/mol. The van der Waals surface area contributed by atoms with Crippen molar-refractivity contribution in [2.24, 2.45) is 17.8 Å². The zero-order valence-corrected chi connectivity index (χ0v) is 16.5. The lowest BCUT2D eigenvalue weighted by molar-refractivity contribution is -0.123. The van der Waals surface area contributed by atoms with Crippen LogP contribution in [0, 0.1) is 23.6 Å². The molecular formula is C25H25FN2O. The second-order valence-corrected chi connectivity index (χ2v) is 8.40. The van der Waals surface area contributed by atoms with E-state index in [2.05, 4.69) is 59.6 Å². The third-order valence-electron chi connectivity index (χ3n) is 6.70. The smallest absolute Gasteiger partial charge is 0.224 e. The first-order chi connectivity index (χ1) is 14.1. The molecule has 0 bridgehead atoms. The van der Waals surface area contributed by atoms with Crippen molar-refractivity contribution in [3.63, 3.8) is 0 Å². The minimum atomic E-state index is -0.266. The molecule has 5 rings (SSSR count). The number of amides is 1. The molecular weight excluding hydrogens is 363 g/mol. The van der Waals surface area contributed by atoms with E-state index in [1.54, 1.807) is 6.07 Å². The standard InChI is InChI=1S/C25H25FN2O/c1-16(20-11-5-8-18-7-2-3-10-21(18)20)28-14-22-23(15-28)24(22)25(29)27-13-17-6-4-9-19(26)12-17/h2-12,16,22-24H,13-15H2,1H3,(H,27,29)/t16?,22-,23+,24?. The topological polar surface area (TPSA) is 32.3 Å². The number of likely N-dealkylation sites (tertiary alicyclic amines) is 1. The number of hydrogen-bond donors (Lipinski definition) is 1. The first-order valence-electron chi connectivity index (χ1n) is 10.4. The molecule has 1 N–H and O–H groups in total. The van der Waals surface area contributed by atoms with Gasteiger partial charge in [-0.15, -0.1) is 0 Å². The van der Waals surface area contributed by atoms with Crippen LogP contribution in [-0.2, 0) is 11.3 Å². The molecule has 1 heterocycles. The number of carbonyl (C=O) groups excluding carboxylic acids is 1. The monoisotopic (exact) mass is 388 g/mol. The summed E-state index contributed by atoms with van der Waals surface area (Å²) in [6, 6.07) is 21.8. The Morgan fingerprint density at radius 1 is 1.07 bits per heavy atom. The first-order valence-corrected chi connectivity index (χ1v) is 10.4. The van der Waals surface area contributed by atoms with Crippen molar-refractivity contribution in [3.8, 4) is 0 Å². The van der Waals surface area contributed by atoms with Gasteiger partial charge < -0.3 is 5.32 Å². The summed E-state index contributed by atoms with van der Waals surface area (Å²) >= 11 is 0. The van der Waals surface area contributed by atoms with E-state index >= 15 is 0 Å². The van der Waals surface area contributed by atoms with Gasteiger partial charge in [-0.25, -0.2) is 4.39 Å². The van der Waals surface area contributed by atoms with E-state index in [4.69, 9.17) is 0 Å². The average molecular weight is 388 g/mol. The third kappa shape index (κ3) is 3.42. The van der Waals surface area contributed by atoms with Gasteiger partial charge >= 0.3 is 0 Å². The lowest BCUT2D eigenvalue weighted by atomic mass is 9.98. The summed E-state index contributed by atoms with van der Waals surface area (Å²) in [7, 11) is 0. The lowest BCUT2D eigenvalue weighted by Gasteiger charge is -2.28. The van der Waals surface area contributed by atoms with Crippen LogP contribution in [0.3, 0.4) is 0 Å². The van der Waals surface area contributed by atoms with Gasteiger partial charge in [0, 0.05) is 31.6 Å². The molecule has 3 aromatic carbocycles. The van der Waals surface area contributed by atoms with Gasteiger partial charge in [-0.2, -0.15) is 0 Å². The Kier molecular flexibility index (Phi) is 4.59. The van der Waals surface area contributed by atoms with Gasteiger partial charge in [-0.05, 0) is 52.8 Å². The zero-order valence-electron chi connectivity index (χ0n) is 16.5. The quantitative estimate of drug-likeness (QED) is 0.696. The molecule has 2 aliphatic rings. The molecule has 3 nitrogen and oxygen atoms in total. The molecule has 2 fully saturated rings.